The van der Waals surface area contributed by atoms with Crippen molar-refractivity contribution in [3.05, 3.63) is 11.6 Å². The number of halogens is 1. The smallest absolute Gasteiger partial charge is 0.150 e. The van der Waals surface area contributed by atoms with Gasteiger partial charge in [-0.05, 0) is 13.0 Å². The largest absolute Gasteiger partial charge is 0.312 e. The third-order valence-corrected chi connectivity index (χ3v) is 3.49. The van der Waals surface area contributed by atoms with Gasteiger partial charge in [0.05, 0.1) is 5.75 Å². The second-order valence-electron chi connectivity index (χ2n) is 2.78. The highest BCUT2D eigenvalue weighted by atomic mass is 35.5. The number of hydrogen-bond donors (Lipinski definition) is 1. The Balaban J connectivity index is 3.42. The third kappa shape index (κ3) is 8.28. The molecule has 0 saturated heterocycles. The topological polar surface area (TPSA) is 46.2 Å². The van der Waals surface area contributed by atoms with E-state index in [9.17, 15) is 8.42 Å². The van der Waals surface area contributed by atoms with Crippen LogP contribution in [0.5, 0.6) is 0 Å². The summed E-state index contributed by atoms with van der Waals surface area (Å²) in [5, 5.41) is 3.53. The molecule has 0 aromatic heterocycles. The Kier molecular flexibility index (Phi) is 6.37. The van der Waals surface area contributed by atoms with Gasteiger partial charge in [-0.3, -0.25) is 0 Å². The van der Waals surface area contributed by atoms with Crippen molar-refractivity contribution < 1.29 is 8.42 Å². The summed E-state index contributed by atoms with van der Waals surface area (Å²) >= 11 is 5.50. The molecule has 0 spiro atoms. The molecular weight excluding hydrogens is 210 g/mol. The Hall–Kier alpha value is -0.0600. The van der Waals surface area contributed by atoms with Gasteiger partial charge in [-0.15, -0.1) is 0 Å². The molecule has 0 aliphatic rings. The van der Waals surface area contributed by atoms with Crippen molar-refractivity contribution in [3.8, 4) is 0 Å². The maximum atomic E-state index is 11.0. The lowest BCUT2D eigenvalue weighted by Crippen LogP contribution is -2.20. The Morgan fingerprint density at radius 3 is 2.62 bits per heavy atom. The molecule has 0 atom stereocenters. The summed E-state index contributed by atoms with van der Waals surface area (Å²) < 4.78 is 22.0. The monoisotopic (exact) mass is 225 g/mol. The van der Waals surface area contributed by atoms with Crippen LogP contribution in [-0.4, -0.2) is 33.0 Å². The average molecular weight is 226 g/mol. The van der Waals surface area contributed by atoms with Crippen LogP contribution in [0.15, 0.2) is 11.6 Å². The lowest BCUT2D eigenvalue weighted by molar-refractivity contribution is 0.592. The van der Waals surface area contributed by atoms with E-state index < -0.39 is 9.84 Å². The van der Waals surface area contributed by atoms with Gasteiger partial charge in [0.2, 0.25) is 0 Å². The van der Waals surface area contributed by atoms with E-state index in [1.54, 1.807) is 6.92 Å². The summed E-state index contributed by atoms with van der Waals surface area (Å²) in [6.07, 6.45) is 0.625. The molecule has 0 unspecified atom stereocenters. The van der Waals surface area contributed by atoms with Crippen LogP contribution in [0.4, 0.5) is 0 Å². The van der Waals surface area contributed by atoms with Gasteiger partial charge in [0.25, 0.3) is 0 Å². The van der Waals surface area contributed by atoms with Crippen molar-refractivity contribution >= 4 is 21.4 Å². The molecular formula is C8H16ClNO2S. The van der Waals surface area contributed by atoms with Crippen molar-refractivity contribution in [2.24, 2.45) is 0 Å². The highest BCUT2D eigenvalue weighted by Gasteiger charge is 2.05. The van der Waals surface area contributed by atoms with Crippen LogP contribution in [-0.2, 0) is 9.84 Å². The van der Waals surface area contributed by atoms with Crippen LogP contribution in [0.2, 0.25) is 0 Å². The highest BCUT2D eigenvalue weighted by molar-refractivity contribution is 7.91. The summed E-state index contributed by atoms with van der Waals surface area (Å²) in [5.41, 5.74) is 0. The molecule has 0 rings (SSSR count). The number of rotatable bonds is 7. The van der Waals surface area contributed by atoms with E-state index in [1.165, 1.54) is 0 Å². The van der Waals surface area contributed by atoms with E-state index in [-0.39, 0.29) is 11.5 Å². The zero-order valence-corrected chi connectivity index (χ0v) is 9.42. The molecule has 0 amide bonds. The highest BCUT2D eigenvalue weighted by Crippen LogP contribution is 1.94. The summed E-state index contributed by atoms with van der Waals surface area (Å²) in [4.78, 5) is 0. The van der Waals surface area contributed by atoms with Crippen LogP contribution < -0.4 is 5.32 Å². The van der Waals surface area contributed by atoms with Gasteiger partial charge < -0.3 is 5.32 Å². The van der Waals surface area contributed by atoms with Crippen molar-refractivity contribution in [1.29, 1.82) is 0 Å². The maximum Gasteiger partial charge on any atom is 0.150 e. The molecule has 0 fully saturated rings. The molecule has 0 radical (unpaired) electrons. The Labute approximate surface area is 85.1 Å². The molecule has 5 heteroatoms. The van der Waals surface area contributed by atoms with Crippen molar-refractivity contribution in [3.63, 3.8) is 0 Å². The number of nitrogens with one attached hydrogen (secondary N) is 1. The molecule has 0 aromatic carbocycles. The number of sulfone groups is 1. The minimum Gasteiger partial charge on any atom is -0.312 e. The van der Waals surface area contributed by atoms with E-state index in [4.69, 9.17) is 11.6 Å². The molecule has 0 heterocycles. The maximum absolute atomic E-state index is 11.0. The van der Waals surface area contributed by atoms with E-state index in [0.717, 1.165) is 0 Å². The standard InChI is InChI=1S/C8H16ClNO2S/c1-3-13(11,12)6-4-5-10-7-8(2)9/h10H,2-7H2,1H3. The van der Waals surface area contributed by atoms with Crippen LogP contribution in [0, 0.1) is 0 Å². The summed E-state index contributed by atoms with van der Waals surface area (Å²) in [6, 6.07) is 0. The molecule has 0 aromatic rings. The lowest BCUT2D eigenvalue weighted by atomic mass is 10.4. The Morgan fingerprint density at radius 2 is 2.15 bits per heavy atom. The molecule has 0 aliphatic carbocycles. The van der Waals surface area contributed by atoms with Gasteiger partial charge in [0, 0.05) is 17.3 Å². The summed E-state index contributed by atoms with van der Waals surface area (Å²) in [6.45, 7) is 6.35. The first-order chi connectivity index (χ1) is 5.98. The fraction of sp³-hybridized carbons (Fsp3) is 0.750. The van der Waals surface area contributed by atoms with Gasteiger partial charge in [-0.1, -0.05) is 25.1 Å². The predicted molar refractivity (Wildman–Crippen MR) is 56.8 cm³/mol. The first-order valence-corrected chi connectivity index (χ1v) is 6.42. The van der Waals surface area contributed by atoms with Crippen molar-refractivity contribution in [2.45, 2.75) is 13.3 Å². The van der Waals surface area contributed by atoms with E-state index in [0.29, 0.717) is 24.5 Å². The van der Waals surface area contributed by atoms with E-state index in [1.807, 2.05) is 0 Å². The van der Waals surface area contributed by atoms with Crippen LogP contribution in [0.25, 0.3) is 0 Å². The Morgan fingerprint density at radius 1 is 1.54 bits per heavy atom. The Bertz CT molecular complexity index is 249. The average Bonchev–Trinajstić information content (AvgIpc) is 2.03. The fourth-order valence-electron chi connectivity index (χ4n) is 0.785. The fourth-order valence-corrected chi connectivity index (χ4v) is 1.75. The van der Waals surface area contributed by atoms with Gasteiger partial charge >= 0.3 is 0 Å². The van der Waals surface area contributed by atoms with Crippen molar-refractivity contribution in [2.75, 3.05) is 24.6 Å². The first kappa shape index (κ1) is 12.9. The SMILES string of the molecule is C=C(Cl)CNCCCS(=O)(=O)CC. The molecule has 3 nitrogen and oxygen atoms in total. The van der Waals surface area contributed by atoms with E-state index >= 15 is 0 Å². The predicted octanol–water partition coefficient (Wildman–Crippen LogP) is 1.15. The quantitative estimate of drug-likeness (QED) is 0.662. The van der Waals surface area contributed by atoms with Crippen LogP contribution >= 0.6 is 11.6 Å². The van der Waals surface area contributed by atoms with Gasteiger partial charge in [0.15, 0.2) is 0 Å². The van der Waals surface area contributed by atoms with E-state index in [2.05, 4.69) is 11.9 Å². The van der Waals surface area contributed by atoms with Gasteiger partial charge in [-0.25, -0.2) is 8.42 Å². The molecule has 0 bridgehead atoms. The molecule has 1 N–H and O–H groups in total. The minimum atomic E-state index is -2.82. The normalized spacial score (nSPS) is 11.5. The second kappa shape index (κ2) is 6.40. The van der Waals surface area contributed by atoms with Crippen LogP contribution in [0.3, 0.4) is 0 Å². The first-order valence-electron chi connectivity index (χ1n) is 4.22. The minimum absolute atomic E-state index is 0.217. The molecule has 0 saturated carbocycles. The lowest BCUT2D eigenvalue weighted by Gasteiger charge is -2.03. The van der Waals surface area contributed by atoms with Crippen molar-refractivity contribution in [1.82, 2.24) is 5.32 Å². The molecule has 78 valence electrons. The second-order valence-corrected chi connectivity index (χ2v) is 5.79. The zero-order valence-electron chi connectivity index (χ0n) is 7.85. The third-order valence-electron chi connectivity index (χ3n) is 1.57. The molecule has 13 heavy (non-hydrogen) atoms. The zero-order chi connectivity index (χ0) is 10.3. The number of hydrogen-bond acceptors (Lipinski definition) is 3. The summed E-state index contributed by atoms with van der Waals surface area (Å²) in [7, 11) is -2.82. The van der Waals surface area contributed by atoms with Gasteiger partial charge in [-0.2, -0.15) is 0 Å². The van der Waals surface area contributed by atoms with Gasteiger partial charge in [0.1, 0.15) is 9.84 Å². The molecule has 0 aliphatic heterocycles. The summed E-state index contributed by atoms with van der Waals surface area (Å²) in [5.74, 6) is 0.459. The van der Waals surface area contributed by atoms with Crippen LogP contribution in [0.1, 0.15) is 13.3 Å².